The van der Waals surface area contributed by atoms with Gasteiger partial charge in [-0.05, 0) is 49.8 Å². The maximum absolute atomic E-state index is 12.5. The molecule has 136 valence electrons. The van der Waals surface area contributed by atoms with Gasteiger partial charge in [0, 0.05) is 13.1 Å². The molecule has 1 aromatic heterocycles. The van der Waals surface area contributed by atoms with Crippen LogP contribution in [0.25, 0.3) is 0 Å². The fraction of sp³-hybridized carbons (Fsp3) is 0.389. The lowest BCUT2D eigenvalue weighted by atomic mass is 10.0. The van der Waals surface area contributed by atoms with Gasteiger partial charge in [-0.3, -0.25) is 4.72 Å². The van der Waals surface area contributed by atoms with Crippen molar-refractivity contribution in [3.8, 4) is 0 Å². The van der Waals surface area contributed by atoms with E-state index in [0.29, 0.717) is 17.4 Å². The lowest BCUT2D eigenvalue weighted by Gasteiger charge is -2.12. The molecule has 2 rings (SSSR count). The van der Waals surface area contributed by atoms with E-state index in [9.17, 15) is 8.42 Å². The third-order valence-electron chi connectivity index (χ3n) is 3.74. The van der Waals surface area contributed by atoms with Crippen LogP contribution < -0.4 is 10.0 Å². The summed E-state index contributed by atoms with van der Waals surface area (Å²) in [6.45, 7) is 5.80. The summed E-state index contributed by atoms with van der Waals surface area (Å²) in [6, 6.07) is 10.4. The van der Waals surface area contributed by atoms with Crippen LogP contribution in [0.3, 0.4) is 0 Å². The first kappa shape index (κ1) is 19.2. The van der Waals surface area contributed by atoms with E-state index >= 15 is 0 Å². The first-order valence-electron chi connectivity index (χ1n) is 8.25. The van der Waals surface area contributed by atoms with Crippen LogP contribution in [0.1, 0.15) is 25.3 Å². The molecule has 0 saturated carbocycles. The molecule has 1 heterocycles. The number of nitrogens with zero attached hydrogens (tertiary/aromatic N) is 2. The first-order chi connectivity index (χ1) is 11.8. The molecule has 0 spiro atoms. The van der Waals surface area contributed by atoms with Crippen LogP contribution >= 0.6 is 0 Å². The van der Waals surface area contributed by atoms with Crippen molar-refractivity contribution in [3.05, 3.63) is 48.2 Å². The third kappa shape index (κ3) is 5.72. The standard InChI is InChI=1S/C18H26N4O2S/c1-14(2)15-5-8-17(9-6-15)25(23,24)21-16-7-10-18(20-13-16)19-11-12-22(3)4/h5-10,13-14,21H,11-12H2,1-4H3,(H,19,20). The van der Waals surface area contributed by atoms with Crippen molar-refractivity contribution in [2.75, 3.05) is 37.2 Å². The lowest BCUT2D eigenvalue weighted by Crippen LogP contribution is -2.21. The number of rotatable bonds is 8. The predicted octanol–water partition coefficient (Wildman–Crippen LogP) is 2.98. The van der Waals surface area contributed by atoms with Crippen molar-refractivity contribution in [3.63, 3.8) is 0 Å². The van der Waals surface area contributed by atoms with E-state index in [1.165, 1.54) is 6.20 Å². The summed E-state index contributed by atoms with van der Waals surface area (Å²) < 4.78 is 27.5. The summed E-state index contributed by atoms with van der Waals surface area (Å²) in [4.78, 5) is 6.54. The van der Waals surface area contributed by atoms with E-state index in [2.05, 4.69) is 33.8 Å². The van der Waals surface area contributed by atoms with E-state index in [0.717, 1.165) is 18.7 Å². The minimum absolute atomic E-state index is 0.241. The van der Waals surface area contributed by atoms with Crippen LogP contribution in [-0.2, 0) is 10.0 Å². The normalized spacial score (nSPS) is 11.8. The highest BCUT2D eigenvalue weighted by Gasteiger charge is 2.14. The summed E-state index contributed by atoms with van der Waals surface area (Å²) in [5.74, 6) is 1.08. The van der Waals surface area contributed by atoms with Crippen molar-refractivity contribution in [2.45, 2.75) is 24.7 Å². The van der Waals surface area contributed by atoms with Gasteiger partial charge in [-0.15, -0.1) is 0 Å². The molecule has 2 aromatic rings. The smallest absolute Gasteiger partial charge is 0.261 e. The van der Waals surface area contributed by atoms with Gasteiger partial charge in [0.2, 0.25) is 0 Å². The number of benzene rings is 1. The van der Waals surface area contributed by atoms with Gasteiger partial charge in [-0.1, -0.05) is 26.0 Å². The molecule has 0 unspecified atom stereocenters. The zero-order chi connectivity index (χ0) is 18.4. The molecule has 0 aliphatic carbocycles. The topological polar surface area (TPSA) is 74.3 Å². The maximum Gasteiger partial charge on any atom is 0.261 e. The number of anilines is 2. The maximum atomic E-state index is 12.5. The van der Waals surface area contributed by atoms with Gasteiger partial charge in [0.25, 0.3) is 10.0 Å². The van der Waals surface area contributed by atoms with E-state index in [4.69, 9.17) is 0 Å². The summed E-state index contributed by atoms with van der Waals surface area (Å²) in [7, 11) is 0.387. The Morgan fingerprint density at radius 2 is 1.76 bits per heavy atom. The quantitative estimate of drug-likeness (QED) is 0.755. The Morgan fingerprint density at radius 3 is 2.28 bits per heavy atom. The molecular formula is C18H26N4O2S. The summed E-state index contributed by atoms with van der Waals surface area (Å²) in [6.07, 6.45) is 1.51. The molecule has 6 nitrogen and oxygen atoms in total. The SMILES string of the molecule is CC(C)c1ccc(S(=O)(=O)Nc2ccc(NCCN(C)C)nc2)cc1. The van der Waals surface area contributed by atoms with E-state index in [-0.39, 0.29) is 4.90 Å². The van der Waals surface area contributed by atoms with Crippen molar-refractivity contribution >= 4 is 21.5 Å². The summed E-state index contributed by atoms with van der Waals surface area (Å²) >= 11 is 0. The van der Waals surface area contributed by atoms with Crippen LogP contribution in [0.5, 0.6) is 0 Å². The molecule has 2 N–H and O–H groups in total. The van der Waals surface area contributed by atoms with Gasteiger partial charge >= 0.3 is 0 Å². The highest BCUT2D eigenvalue weighted by atomic mass is 32.2. The van der Waals surface area contributed by atoms with Crippen LogP contribution in [0.15, 0.2) is 47.5 Å². The van der Waals surface area contributed by atoms with Crippen LogP contribution in [0, 0.1) is 0 Å². The third-order valence-corrected chi connectivity index (χ3v) is 5.14. The molecule has 1 aromatic carbocycles. The Balaban J connectivity index is 2.02. The van der Waals surface area contributed by atoms with Crippen molar-refractivity contribution in [1.82, 2.24) is 9.88 Å². The number of pyridine rings is 1. The molecule has 0 amide bonds. The second-order valence-corrected chi connectivity index (χ2v) is 8.17. The minimum Gasteiger partial charge on any atom is -0.369 e. The molecule has 0 atom stereocenters. The summed E-state index contributed by atoms with van der Waals surface area (Å²) in [5, 5.41) is 3.18. The number of hydrogen-bond donors (Lipinski definition) is 2. The Labute approximate surface area is 150 Å². The molecule has 0 radical (unpaired) electrons. The largest absolute Gasteiger partial charge is 0.369 e. The Hall–Kier alpha value is -2.12. The second kappa shape index (κ2) is 8.31. The fourth-order valence-electron chi connectivity index (χ4n) is 2.21. The second-order valence-electron chi connectivity index (χ2n) is 6.49. The molecule has 25 heavy (non-hydrogen) atoms. The van der Waals surface area contributed by atoms with Gasteiger partial charge in [-0.2, -0.15) is 0 Å². The van der Waals surface area contributed by atoms with Gasteiger partial charge in [0.1, 0.15) is 5.82 Å². The molecule has 0 aliphatic rings. The predicted molar refractivity (Wildman–Crippen MR) is 103 cm³/mol. The van der Waals surface area contributed by atoms with Crippen molar-refractivity contribution < 1.29 is 8.42 Å². The summed E-state index contributed by atoms with van der Waals surface area (Å²) in [5.41, 5.74) is 1.54. The first-order valence-corrected chi connectivity index (χ1v) is 9.73. The lowest BCUT2D eigenvalue weighted by molar-refractivity contribution is 0.425. The van der Waals surface area contributed by atoms with E-state index in [1.807, 2.05) is 26.2 Å². The monoisotopic (exact) mass is 362 g/mol. The highest BCUT2D eigenvalue weighted by Crippen LogP contribution is 2.20. The molecule has 7 heteroatoms. The van der Waals surface area contributed by atoms with Crippen LogP contribution in [-0.4, -0.2) is 45.5 Å². The zero-order valence-electron chi connectivity index (χ0n) is 15.2. The Morgan fingerprint density at radius 1 is 1.08 bits per heavy atom. The molecule has 0 aliphatic heterocycles. The van der Waals surface area contributed by atoms with Crippen molar-refractivity contribution in [1.29, 1.82) is 0 Å². The van der Waals surface area contributed by atoms with Crippen LogP contribution in [0.4, 0.5) is 11.5 Å². The van der Waals surface area contributed by atoms with Gasteiger partial charge in [-0.25, -0.2) is 13.4 Å². The number of sulfonamides is 1. The van der Waals surface area contributed by atoms with E-state index < -0.39 is 10.0 Å². The number of hydrogen-bond acceptors (Lipinski definition) is 5. The average molecular weight is 362 g/mol. The molecular weight excluding hydrogens is 336 g/mol. The van der Waals surface area contributed by atoms with E-state index in [1.54, 1.807) is 24.3 Å². The fourth-order valence-corrected chi connectivity index (χ4v) is 3.26. The molecule has 0 saturated heterocycles. The number of aromatic nitrogens is 1. The van der Waals surface area contributed by atoms with Crippen molar-refractivity contribution in [2.24, 2.45) is 0 Å². The molecule has 0 fully saturated rings. The number of nitrogens with one attached hydrogen (secondary N) is 2. The van der Waals surface area contributed by atoms with Gasteiger partial charge in [0.15, 0.2) is 0 Å². The Kier molecular flexibility index (Phi) is 6.39. The zero-order valence-corrected chi connectivity index (χ0v) is 16.0. The van der Waals surface area contributed by atoms with Gasteiger partial charge in [0.05, 0.1) is 16.8 Å². The molecule has 0 bridgehead atoms. The van der Waals surface area contributed by atoms with Gasteiger partial charge < -0.3 is 10.2 Å². The minimum atomic E-state index is -3.61. The Bertz CT molecular complexity index is 770. The highest BCUT2D eigenvalue weighted by molar-refractivity contribution is 7.92. The van der Waals surface area contributed by atoms with Crippen LogP contribution in [0.2, 0.25) is 0 Å². The average Bonchev–Trinajstić information content (AvgIpc) is 2.56. The number of likely N-dealkylation sites (N-methyl/N-ethyl adjacent to an activating group) is 1.